The van der Waals surface area contributed by atoms with Gasteiger partial charge in [-0.05, 0) is 35.2 Å². The second-order valence-electron chi connectivity index (χ2n) is 8.13. The van der Waals surface area contributed by atoms with Crippen LogP contribution in [0.3, 0.4) is 0 Å². The molecule has 33 heavy (non-hydrogen) atoms. The summed E-state index contributed by atoms with van der Waals surface area (Å²) in [6, 6.07) is 40.0. The number of nitrogens with zero attached hydrogens (tertiary/aromatic N) is 1. The van der Waals surface area contributed by atoms with E-state index in [2.05, 4.69) is 22.4 Å². The molecule has 3 nitrogen and oxygen atoms in total. The molecule has 0 atom stereocenters. The predicted octanol–water partition coefficient (Wildman–Crippen LogP) is 6.40. The predicted molar refractivity (Wildman–Crippen MR) is 134 cm³/mol. The van der Waals surface area contributed by atoms with E-state index >= 15 is 0 Å². The first-order valence-corrected chi connectivity index (χ1v) is 11.1. The molecule has 1 heterocycles. The third kappa shape index (κ3) is 4.01. The first kappa shape index (κ1) is 20.7. The monoisotopic (exact) mass is 428 g/mol. The van der Waals surface area contributed by atoms with E-state index in [-0.39, 0.29) is 5.91 Å². The molecule has 0 radical (unpaired) electrons. The van der Waals surface area contributed by atoms with Crippen LogP contribution in [0.1, 0.15) is 16.7 Å². The van der Waals surface area contributed by atoms with Crippen molar-refractivity contribution in [2.24, 2.45) is 0 Å². The Labute approximate surface area is 193 Å². The van der Waals surface area contributed by atoms with E-state index in [9.17, 15) is 4.79 Å². The second-order valence-corrected chi connectivity index (χ2v) is 8.13. The van der Waals surface area contributed by atoms with Gasteiger partial charge in [0.2, 0.25) is 5.91 Å². The van der Waals surface area contributed by atoms with Crippen molar-refractivity contribution < 1.29 is 4.79 Å². The number of fused-ring (bicyclic) bond motifs is 1. The van der Waals surface area contributed by atoms with Gasteiger partial charge in [-0.15, -0.1) is 0 Å². The van der Waals surface area contributed by atoms with Gasteiger partial charge in [-0.1, -0.05) is 109 Å². The Kier molecular flexibility index (Phi) is 5.69. The molecule has 0 bridgehead atoms. The van der Waals surface area contributed by atoms with Crippen molar-refractivity contribution in [3.8, 4) is 0 Å². The lowest BCUT2D eigenvalue weighted by Gasteiger charge is -2.34. The van der Waals surface area contributed by atoms with Gasteiger partial charge in [-0.25, -0.2) is 0 Å². The molecule has 3 heteroatoms. The minimum absolute atomic E-state index is 0.0816. The van der Waals surface area contributed by atoms with Crippen LogP contribution in [0.4, 0.5) is 5.69 Å². The Bertz CT molecular complexity index is 1320. The number of hydrogen-bond donors (Lipinski definition) is 1. The fourth-order valence-corrected chi connectivity index (χ4v) is 4.49. The van der Waals surface area contributed by atoms with E-state index < -0.39 is 5.41 Å². The molecule has 0 aliphatic heterocycles. The van der Waals surface area contributed by atoms with E-state index in [1.54, 1.807) is 6.20 Å². The lowest BCUT2D eigenvalue weighted by molar-refractivity contribution is -0.120. The van der Waals surface area contributed by atoms with Gasteiger partial charge in [0.15, 0.2) is 0 Å². The largest absolute Gasteiger partial charge is 0.323 e. The summed E-state index contributed by atoms with van der Waals surface area (Å²) in [5.41, 5.74) is 3.57. The lowest BCUT2D eigenvalue weighted by Crippen LogP contribution is -2.43. The Balaban J connectivity index is 1.69. The fourth-order valence-electron chi connectivity index (χ4n) is 4.49. The number of carbonyl (C=O) groups excluding carboxylic acids is 1. The molecular formula is C30H24N2O. The number of benzene rings is 4. The second kappa shape index (κ2) is 9.09. The van der Waals surface area contributed by atoms with Gasteiger partial charge < -0.3 is 5.32 Å². The fraction of sp³-hybridized carbons (Fsp3) is 0.0667. The number of para-hydroxylation sites is 1. The van der Waals surface area contributed by atoms with Crippen LogP contribution < -0.4 is 5.32 Å². The van der Waals surface area contributed by atoms with Gasteiger partial charge in [0.25, 0.3) is 0 Å². The van der Waals surface area contributed by atoms with E-state index in [0.717, 1.165) is 27.6 Å². The summed E-state index contributed by atoms with van der Waals surface area (Å²) in [6.07, 6.45) is 2.29. The van der Waals surface area contributed by atoms with Gasteiger partial charge in [0, 0.05) is 11.6 Å². The molecule has 0 aliphatic rings. The number of rotatable bonds is 6. The van der Waals surface area contributed by atoms with Crippen molar-refractivity contribution in [1.29, 1.82) is 0 Å². The molecule has 1 amide bonds. The number of nitrogens with one attached hydrogen (secondary N) is 1. The van der Waals surface area contributed by atoms with Gasteiger partial charge >= 0.3 is 0 Å². The summed E-state index contributed by atoms with van der Waals surface area (Å²) >= 11 is 0. The van der Waals surface area contributed by atoms with Crippen LogP contribution in [0.5, 0.6) is 0 Å². The first-order valence-electron chi connectivity index (χ1n) is 11.1. The highest BCUT2D eigenvalue weighted by atomic mass is 16.2. The zero-order chi connectivity index (χ0) is 22.5. The summed E-state index contributed by atoms with van der Waals surface area (Å²) in [5.74, 6) is -0.0816. The molecule has 0 saturated carbocycles. The standard InChI is InChI=1S/C30H24N2O/c33-29(32-27-20-10-14-24-15-11-21-31-28(24)27)30(25-16-6-2-7-17-25,26-18-8-3-9-19-26)22-23-12-4-1-5-13-23/h1-21H,22H2,(H,32,33). The van der Waals surface area contributed by atoms with Crippen LogP contribution in [0.2, 0.25) is 0 Å². The Morgan fingerprint density at radius 1 is 0.667 bits per heavy atom. The molecule has 0 saturated heterocycles. The number of anilines is 1. The SMILES string of the molecule is O=C(Nc1cccc2cccnc12)C(Cc1ccccc1)(c1ccccc1)c1ccccc1. The molecule has 5 aromatic rings. The van der Waals surface area contributed by atoms with Crippen LogP contribution in [-0.4, -0.2) is 10.9 Å². The summed E-state index contributed by atoms with van der Waals surface area (Å²) in [7, 11) is 0. The molecular weight excluding hydrogens is 404 g/mol. The minimum Gasteiger partial charge on any atom is -0.323 e. The normalized spacial score (nSPS) is 11.3. The molecule has 5 rings (SSSR count). The number of hydrogen-bond acceptors (Lipinski definition) is 2. The number of pyridine rings is 1. The highest BCUT2D eigenvalue weighted by molar-refractivity contribution is 6.06. The van der Waals surface area contributed by atoms with Crippen molar-refractivity contribution in [3.63, 3.8) is 0 Å². The van der Waals surface area contributed by atoms with Crippen LogP contribution in [0.25, 0.3) is 10.9 Å². The van der Waals surface area contributed by atoms with Crippen LogP contribution in [0.15, 0.2) is 128 Å². The lowest BCUT2D eigenvalue weighted by atomic mass is 9.69. The van der Waals surface area contributed by atoms with Crippen LogP contribution >= 0.6 is 0 Å². The summed E-state index contributed by atoms with van der Waals surface area (Å²) in [4.78, 5) is 18.9. The molecule has 0 unspecified atom stereocenters. The van der Waals surface area contributed by atoms with Crippen molar-refractivity contribution in [2.45, 2.75) is 11.8 Å². The quantitative estimate of drug-likeness (QED) is 0.340. The number of amides is 1. The third-order valence-electron chi connectivity index (χ3n) is 6.11. The maximum atomic E-state index is 14.3. The van der Waals surface area contributed by atoms with Crippen molar-refractivity contribution in [3.05, 3.63) is 144 Å². The van der Waals surface area contributed by atoms with E-state index in [0.29, 0.717) is 12.1 Å². The molecule has 1 N–H and O–H groups in total. The first-order chi connectivity index (χ1) is 16.3. The molecule has 1 aromatic heterocycles. The Morgan fingerprint density at radius 2 is 1.24 bits per heavy atom. The molecule has 0 fully saturated rings. The Morgan fingerprint density at radius 3 is 1.88 bits per heavy atom. The number of aromatic nitrogens is 1. The van der Waals surface area contributed by atoms with Gasteiger partial charge in [0.1, 0.15) is 5.41 Å². The smallest absolute Gasteiger partial charge is 0.239 e. The average Bonchev–Trinajstić information content (AvgIpc) is 2.89. The molecule has 160 valence electrons. The minimum atomic E-state index is -0.916. The van der Waals surface area contributed by atoms with Crippen molar-refractivity contribution in [1.82, 2.24) is 4.98 Å². The highest BCUT2D eigenvalue weighted by Gasteiger charge is 2.42. The molecule has 0 aliphatic carbocycles. The Hall–Kier alpha value is -4.24. The number of carbonyl (C=O) groups is 1. The maximum absolute atomic E-state index is 14.3. The van der Waals surface area contributed by atoms with Crippen molar-refractivity contribution in [2.75, 3.05) is 5.32 Å². The third-order valence-corrected chi connectivity index (χ3v) is 6.11. The summed E-state index contributed by atoms with van der Waals surface area (Å²) < 4.78 is 0. The average molecular weight is 429 g/mol. The highest BCUT2D eigenvalue weighted by Crippen LogP contribution is 2.38. The topological polar surface area (TPSA) is 42.0 Å². The van der Waals surface area contributed by atoms with Gasteiger partial charge in [0.05, 0.1) is 11.2 Å². The van der Waals surface area contributed by atoms with Gasteiger partial charge in [-0.2, -0.15) is 0 Å². The summed E-state index contributed by atoms with van der Waals surface area (Å²) in [5, 5.41) is 4.23. The molecule has 0 spiro atoms. The van der Waals surface area contributed by atoms with Crippen LogP contribution in [0, 0.1) is 0 Å². The van der Waals surface area contributed by atoms with E-state index in [1.807, 2.05) is 109 Å². The van der Waals surface area contributed by atoms with Crippen LogP contribution in [-0.2, 0) is 16.6 Å². The van der Waals surface area contributed by atoms with E-state index in [1.165, 1.54) is 0 Å². The molecule has 4 aromatic carbocycles. The van der Waals surface area contributed by atoms with E-state index in [4.69, 9.17) is 0 Å². The van der Waals surface area contributed by atoms with Crippen molar-refractivity contribution >= 4 is 22.5 Å². The van der Waals surface area contributed by atoms with Gasteiger partial charge in [-0.3, -0.25) is 9.78 Å². The zero-order valence-electron chi connectivity index (χ0n) is 18.2. The zero-order valence-corrected chi connectivity index (χ0v) is 18.2. The summed E-state index contributed by atoms with van der Waals surface area (Å²) in [6.45, 7) is 0. The maximum Gasteiger partial charge on any atom is 0.239 e.